The maximum atomic E-state index is 10.5. The lowest BCUT2D eigenvalue weighted by atomic mass is 10.0. The summed E-state index contributed by atoms with van der Waals surface area (Å²) in [7, 11) is 0. The van der Waals surface area contributed by atoms with Crippen molar-refractivity contribution >= 4 is 11.6 Å². The van der Waals surface area contributed by atoms with E-state index in [1.165, 1.54) is 5.56 Å². The summed E-state index contributed by atoms with van der Waals surface area (Å²) in [6.07, 6.45) is 0.806. The number of hydrogen-bond donors (Lipinski definition) is 1. The van der Waals surface area contributed by atoms with E-state index in [0.717, 1.165) is 11.1 Å². The minimum absolute atomic E-state index is 0.492. The molecular formula is C14H15ClN2O2. The molecule has 0 amide bonds. The third-order valence-electron chi connectivity index (χ3n) is 3.45. The van der Waals surface area contributed by atoms with Gasteiger partial charge in [-0.3, -0.25) is 4.68 Å². The van der Waals surface area contributed by atoms with Gasteiger partial charge in [-0.15, -0.1) is 0 Å². The van der Waals surface area contributed by atoms with Crippen molar-refractivity contribution in [3.63, 3.8) is 0 Å². The Morgan fingerprint density at radius 1 is 1.42 bits per heavy atom. The van der Waals surface area contributed by atoms with Gasteiger partial charge in [0.25, 0.3) is 0 Å². The van der Waals surface area contributed by atoms with Gasteiger partial charge in [-0.2, -0.15) is 5.10 Å². The molecule has 1 unspecified atom stereocenters. The van der Waals surface area contributed by atoms with Crippen LogP contribution in [0.2, 0.25) is 5.02 Å². The Balaban J connectivity index is 1.99. The highest BCUT2D eigenvalue weighted by atomic mass is 35.5. The van der Waals surface area contributed by atoms with Crippen LogP contribution in [-0.2, 0) is 24.5 Å². The predicted octanol–water partition coefficient (Wildman–Crippen LogP) is 2.67. The molecule has 100 valence electrons. The van der Waals surface area contributed by atoms with Gasteiger partial charge in [-0.05, 0) is 23.6 Å². The lowest BCUT2D eigenvalue weighted by Gasteiger charge is -2.14. The molecule has 1 aliphatic rings. The molecule has 1 aromatic carbocycles. The van der Waals surface area contributed by atoms with E-state index in [4.69, 9.17) is 16.3 Å². The quantitative estimate of drug-likeness (QED) is 0.939. The second-order valence-corrected chi connectivity index (χ2v) is 5.02. The molecule has 1 N–H and O–H groups in total. The fraction of sp³-hybridized carbons (Fsp3) is 0.357. The van der Waals surface area contributed by atoms with Crippen molar-refractivity contribution in [2.75, 3.05) is 0 Å². The molecule has 0 aliphatic carbocycles. The lowest BCUT2D eigenvalue weighted by Crippen LogP contribution is -2.10. The number of nitrogens with zero attached hydrogens (tertiary/aromatic N) is 2. The number of fused-ring (bicyclic) bond motifs is 1. The topological polar surface area (TPSA) is 47.3 Å². The lowest BCUT2D eigenvalue weighted by molar-refractivity contribution is 0.134. The molecule has 19 heavy (non-hydrogen) atoms. The first-order chi connectivity index (χ1) is 9.20. The van der Waals surface area contributed by atoms with Gasteiger partial charge in [-0.1, -0.05) is 29.8 Å². The number of benzene rings is 1. The van der Waals surface area contributed by atoms with Crippen molar-refractivity contribution in [2.45, 2.75) is 32.8 Å². The summed E-state index contributed by atoms with van der Waals surface area (Å²) in [5.41, 5.74) is 3.78. The van der Waals surface area contributed by atoms with Crippen LogP contribution in [-0.4, -0.2) is 14.9 Å². The average Bonchev–Trinajstić information content (AvgIpc) is 3.02. The van der Waals surface area contributed by atoms with Crippen molar-refractivity contribution in [3.05, 3.63) is 51.8 Å². The van der Waals surface area contributed by atoms with Gasteiger partial charge in [0.05, 0.1) is 30.1 Å². The SMILES string of the molecule is CCn1ncc(Cl)c1C(O)c1ccc2c(c1)COC2. The van der Waals surface area contributed by atoms with Crippen LogP contribution in [0, 0.1) is 0 Å². The fourth-order valence-electron chi connectivity index (χ4n) is 2.42. The zero-order chi connectivity index (χ0) is 13.4. The Hall–Kier alpha value is -1.36. The average molecular weight is 279 g/mol. The Labute approximate surface area is 116 Å². The van der Waals surface area contributed by atoms with E-state index in [9.17, 15) is 5.11 Å². The maximum Gasteiger partial charge on any atom is 0.122 e. The van der Waals surface area contributed by atoms with Crippen LogP contribution in [0.15, 0.2) is 24.4 Å². The molecule has 0 saturated heterocycles. The number of halogens is 1. The molecule has 0 radical (unpaired) electrons. The van der Waals surface area contributed by atoms with E-state index in [1.54, 1.807) is 10.9 Å². The number of hydrogen-bond acceptors (Lipinski definition) is 3. The van der Waals surface area contributed by atoms with Crippen molar-refractivity contribution in [2.24, 2.45) is 0 Å². The first-order valence-corrected chi connectivity index (χ1v) is 6.67. The summed E-state index contributed by atoms with van der Waals surface area (Å²) in [6.45, 7) is 3.90. The first kappa shape index (κ1) is 12.7. The molecule has 0 bridgehead atoms. The van der Waals surface area contributed by atoms with Crippen molar-refractivity contribution < 1.29 is 9.84 Å². The van der Waals surface area contributed by atoms with Crippen LogP contribution in [0.4, 0.5) is 0 Å². The number of aryl methyl sites for hydroxylation is 1. The standard InChI is InChI=1S/C14H15ClN2O2/c1-2-17-13(12(15)6-16-17)14(18)9-3-4-10-7-19-8-11(10)5-9/h3-6,14,18H,2,7-8H2,1H3. The summed E-state index contributed by atoms with van der Waals surface area (Å²) in [6, 6.07) is 5.90. The molecule has 0 saturated carbocycles. The first-order valence-electron chi connectivity index (χ1n) is 6.29. The van der Waals surface area contributed by atoms with E-state index in [-0.39, 0.29) is 0 Å². The van der Waals surface area contributed by atoms with Gasteiger partial charge in [0.15, 0.2) is 0 Å². The molecule has 1 aromatic heterocycles. The number of aliphatic hydroxyl groups excluding tert-OH is 1. The zero-order valence-electron chi connectivity index (χ0n) is 10.6. The van der Waals surface area contributed by atoms with Crippen LogP contribution < -0.4 is 0 Å². The highest BCUT2D eigenvalue weighted by Crippen LogP contribution is 2.30. The van der Waals surface area contributed by atoms with E-state index in [2.05, 4.69) is 5.10 Å². The van der Waals surface area contributed by atoms with Crippen LogP contribution >= 0.6 is 11.6 Å². The predicted molar refractivity (Wildman–Crippen MR) is 71.9 cm³/mol. The smallest absolute Gasteiger partial charge is 0.122 e. The van der Waals surface area contributed by atoms with Crippen LogP contribution in [0.25, 0.3) is 0 Å². The Morgan fingerprint density at radius 2 is 2.21 bits per heavy atom. The van der Waals surface area contributed by atoms with Gasteiger partial charge >= 0.3 is 0 Å². The monoisotopic (exact) mass is 278 g/mol. The molecule has 4 nitrogen and oxygen atoms in total. The maximum absolute atomic E-state index is 10.5. The van der Waals surface area contributed by atoms with Crippen LogP contribution in [0.5, 0.6) is 0 Å². The number of aliphatic hydroxyl groups is 1. The van der Waals surface area contributed by atoms with Crippen molar-refractivity contribution in [1.29, 1.82) is 0 Å². The van der Waals surface area contributed by atoms with Crippen molar-refractivity contribution in [1.82, 2.24) is 9.78 Å². The molecule has 0 fully saturated rings. The molecule has 0 spiro atoms. The van der Waals surface area contributed by atoms with Gasteiger partial charge < -0.3 is 9.84 Å². The van der Waals surface area contributed by atoms with Crippen LogP contribution in [0.3, 0.4) is 0 Å². The van der Waals surface area contributed by atoms with Crippen molar-refractivity contribution in [3.8, 4) is 0 Å². The third kappa shape index (κ3) is 2.16. The minimum atomic E-state index is -0.763. The molecular weight excluding hydrogens is 264 g/mol. The summed E-state index contributed by atoms with van der Waals surface area (Å²) in [5, 5.41) is 15.2. The second kappa shape index (κ2) is 4.96. The van der Waals surface area contributed by atoms with E-state index >= 15 is 0 Å². The highest BCUT2D eigenvalue weighted by Gasteiger charge is 2.21. The normalized spacial score (nSPS) is 15.5. The molecule has 3 rings (SSSR count). The number of rotatable bonds is 3. The summed E-state index contributed by atoms with van der Waals surface area (Å²) in [4.78, 5) is 0. The molecule has 2 aromatic rings. The zero-order valence-corrected chi connectivity index (χ0v) is 11.4. The van der Waals surface area contributed by atoms with Gasteiger partial charge in [0, 0.05) is 6.54 Å². The second-order valence-electron chi connectivity index (χ2n) is 4.62. The molecule has 5 heteroatoms. The van der Waals surface area contributed by atoms with Gasteiger partial charge in [-0.25, -0.2) is 0 Å². The van der Waals surface area contributed by atoms with Crippen LogP contribution in [0.1, 0.15) is 35.4 Å². The van der Waals surface area contributed by atoms with Gasteiger partial charge in [0.2, 0.25) is 0 Å². The summed E-state index contributed by atoms with van der Waals surface area (Å²) in [5.74, 6) is 0. The largest absolute Gasteiger partial charge is 0.382 e. The van der Waals surface area contributed by atoms with E-state index in [1.807, 2.05) is 25.1 Å². The number of aromatic nitrogens is 2. The Kier molecular flexibility index (Phi) is 3.31. The number of ether oxygens (including phenoxy) is 1. The van der Waals surface area contributed by atoms with E-state index in [0.29, 0.717) is 30.5 Å². The van der Waals surface area contributed by atoms with E-state index < -0.39 is 6.10 Å². The minimum Gasteiger partial charge on any atom is -0.382 e. The molecule has 2 heterocycles. The Morgan fingerprint density at radius 3 is 3.00 bits per heavy atom. The molecule has 1 aliphatic heterocycles. The molecule has 1 atom stereocenters. The van der Waals surface area contributed by atoms with Gasteiger partial charge in [0.1, 0.15) is 6.10 Å². The summed E-state index contributed by atoms with van der Waals surface area (Å²) >= 11 is 6.12. The Bertz CT molecular complexity index is 609. The third-order valence-corrected chi connectivity index (χ3v) is 3.74. The summed E-state index contributed by atoms with van der Waals surface area (Å²) < 4.78 is 7.10. The fourth-order valence-corrected chi connectivity index (χ4v) is 2.66. The highest BCUT2D eigenvalue weighted by molar-refractivity contribution is 6.31.